The van der Waals surface area contributed by atoms with E-state index < -0.39 is 0 Å². The van der Waals surface area contributed by atoms with Gasteiger partial charge in [0.2, 0.25) is 5.91 Å². The van der Waals surface area contributed by atoms with Crippen molar-refractivity contribution in [3.8, 4) is 0 Å². The standard InChI is InChI=1S/C21H33N3O4/c1-3-4-5-6-7-8-9-19(25)24-15-21(16-24)10-11-23(14-21)20(26)17-12-28-22-18(17)13-27-2/h12H,3-11,13-16H2,1-2H3. The molecule has 156 valence electrons. The number of likely N-dealkylation sites (tertiary alicyclic amines) is 2. The molecule has 0 atom stereocenters. The van der Waals surface area contributed by atoms with Crippen LogP contribution in [0.4, 0.5) is 0 Å². The van der Waals surface area contributed by atoms with Crippen LogP contribution in [0.5, 0.6) is 0 Å². The Bertz CT molecular complexity index is 666. The van der Waals surface area contributed by atoms with Crippen molar-refractivity contribution in [1.29, 1.82) is 0 Å². The number of aromatic nitrogens is 1. The highest BCUT2D eigenvalue weighted by atomic mass is 16.5. The maximum atomic E-state index is 12.8. The topological polar surface area (TPSA) is 75.9 Å². The van der Waals surface area contributed by atoms with E-state index in [2.05, 4.69) is 12.1 Å². The molecule has 2 saturated heterocycles. The summed E-state index contributed by atoms with van der Waals surface area (Å²) in [6.07, 6.45) is 10.2. The number of nitrogens with zero attached hydrogens (tertiary/aromatic N) is 3. The van der Waals surface area contributed by atoms with Crippen molar-refractivity contribution in [1.82, 2.24) is 15.0 Å². The van der Waals surface area contributed by atoms with E-state index in [-0.39, 0.29) is 23.8 Å². The van der Waals surface area contributed by atoms with E-state index in [4.69, 9.17) is 9.26 Å². The minimum Gasteiger partial charge on any atom is -0.378 e. The zero-order chi connectivity index (χ0) is 20.0. The molecule has 2 fully saturated rings. The van der Waals surface area contributed by atoms with Gasteiger partial charge < -0.3 is 19.1 Å². The molecule has 2 aliphatic heterocycles. The molecule has 7 heteroatoms. The molecule has 0 aliphatic carbocycles. The summed E-state index contributed by atoms with van der Waals surface area (Å²) in [5.41, 5.74) is 1.09. The fourth-order valence-electron chi connectivity index (χ4n) is 4.37. The molecule has 0 unspecified atom stereocenters. The first-order valence-electron chi connectivity index (χ1n) is 10.6. The summed E-state index contributed by atoms with van der Waals surface area (Å²) >= 11 is 0. The lowest BCUT2D eigenvalue weighted by atomic mass is 9.79. The van der Waals surface area contributed by atoms with Crippen molar-refractivity contribution in [3.05, 3.63) is 17.5 Å². The van der Waals surface area contributed by atoms with Gasteiger partial charge in [-0.05, 0) is 12.8 Å². The van der Waals surface area contributed by atoms with Crippen LogP contribution in [0.25, 0.3) is 0 Å². The summed E-state index contributed by atoms with van der Waals surface area (Å²) in [5.74, 6) is 0.217. The molecular weight excluding hydrogens is 358 g/mol. The van der Waals surface area contributed by atoms with Gasteiger partial charge in [-0.15, -0.1) is 0 Å². The average Bonchev–Trinajstić information content (AvgIpc) is 3.30. The van der Waals surface area contributed by atoms with Gasteiger partial charge in [0.05, 0.1) is 6.61 Å². The first-order valence-corrected chi connectivity index (χ1v) is 10.6. The first-order chi connectivity index (χ1) is 13.6. The van der Waals surface area contributed by atoms with Crippen LogP contribution >= 0.6 is 0 Å². The summed E-state index contributed by atoms with van der Waals surface area (Å²) in [4.78, 5) is 29.0. The Kier molecular flexibility index (Phi) is 7.10. The van der Waals surface area contributed by atoms with Crippen molar-refractivity contribution < 1.29 is 18.8 Å². The van der Waals surface area contributed by atoms with Gasteiger partial charge in [0.1, 0.15) is 17.5 Å². The minimum absolute atomic E-state index is 0.0537. The van der Waals surface area contributed by atoms with Crippen molar-refractivity contribution >= 4 is 11.8 Å². The minimum atomic E-state index is -0.0537. The summed E-state index contributed by atoms with van der Waals surface area (Å²) in [5, 5.41) is 3.86. The molecule has 3 rings (SSSR count). The molecule has 1 aromatic heterocycles. The molecule has 2 amide bonds. The second-order valence-corrected chi connectivity index (χ2v) is 8.35. The fraction of sp³-hybridized carbons (Fsp3) is 0.762. The zero-order valence-corrected chi connectivity index (χ0v) is 17.2. The van der Waals surface area contributed by atoms with Gasteiger partial charge in [-0.1, -0.05) is 44.2 Å². The third kappa shape index (κ3) is 4.74. The van der Waals surface area contributed by atoms with E-state index in [0.717, 1.165) is 38.9 Å². The summed E-state index contributed by atoms with van der Waals surface area (Å²) < 4.78 is 10.0. The lowest BCUT2D eigenvalue weighted by Gasteiger charge is -2.48. The number of amides is 2. The number of ether oxygens (including phenoxy) is 1. The predicted octanol–water partition coefficient (Wildman–Crippen LogP) is 3.25. The smallest absolute Gasteiger partial charge is 0.259 e. The Morgan fingerprint density at radius 1 is 1.14 bits per heavy atom. The second-order valence-electron chi connectivity index (χ2n) is 8.35. The summed E-state index contributed by atoms with van der Waals surface area (Å²) in [7, 11) is 1.57. The van der Waals surface area contributed by atoms with Gasteiger partial charge in [-0.25, -0.2) is 0 Å². The van der Waals surface area contributed by atoms with Crippen LogP contribution < -0.4 is 0 Å². The van der Waals surface area contributed by atoms with Crippen LogP contribution in [0.2, 0.25) is 0 Å². The van der Waals surface area contributed by atoms with Gasteiger partial charge in [0.25, 0.3) is 5.91 Å². The van der Waals surface area contributed by atoms with Crippen molar-refractivity contribution in [2.45, 2.75) is 64.9 Å². The van der Waals surface area contributed by atoms with Crippen molar-refractivity contribution in [3.63, 3.8) is 0 Å². The van der Waals surface area contributed by atoms with Gasteiger partial charge in [0.15, 0.2) is 0 Å². The number of hydrogen-bond donors (Lipinski definition) is 0. The number of unbranched alkanes of at least 4 members (excludes halogenated alkanes) is 5. The maximum Gasteiger partial charge on any atom is 0.259 e. The molecule has 3 heterocycles. The molecular formula is C21H33N3O4. The number of rotatable bonds is 10. The molecule has 28 heavy (non-hydrogen) atoms. The zero-order valence-electron chi connectivity index (χ0n) is 17.2. The monoisotopic (exact) mass is 391 g/mol. The summed E-state index contributed by atoms with van der Waals surface area (Å²) in [6.45, 7) is 5.45. The van der Waals surface area contributed by atoms with Gasteiger partial charge in [-0.2, -0.15) is 0 Å². The van der Waals surface area contributed by atoms with Gasteiger partial charge in [-0.3, -0.25) is 9.59 Å². The molecule has 0 saturated carbocycles. The van der Waals surface area contributed by atoms with Crippen LogP contribution in [0, 0.1) is 5.41 Å². The van der Waals surface area contributed by atoms with E-state index in [1.54, 1.807) is 7.11 Å². The Hall–Kier alpha value is -1.89. The Morgan fingerprint density at radius 3 is 2.61 bits per heavy atom. The highest BCUT2D eigenvalue weighted by molar-refractivity contribution is 5.95. The molecule has 0 N–H and O–H groups in total. The maximum absolute atomic E-state index is 12.8. The fourth-order valence-corrected chi connectivity index (χ4v) is 4.37. The highest BCUT2D eigenvalue weighted by Gasteiger charge is 2.50. The van der Waals surface area contributed by atoms with E-state index in [0.29, 0.717) is 24.2 Å². The quantitative estimate of drug-likeness (QED) is 0.572. The molecule has 0 bridgehead atoms. The third-order valence-corrected chi connectivity index (χ3v) is 6.03. The number of methoxy groups -OCH3 is 1. The number of hydrogen-bond acceptors (Lipinski definition) is 5. The van der Waals surface area contributed by atoms with Crippen molar-refractivity contribution in [2.24, 2.45) is 5.41 Å². The summed E-state index contributed by atoms with van der Waals surface area (Å²) in [6, 6.07) is 0. The van der Waals surface area contributed by atoms with Crippen LogP contribution in [0.1, 0.15) is 74.3 Å². The van der Waals surface area contributed by atoms with Crippen LogP contribution in [0.15, 0.2) is 10.8 Å². The molecule has 0 radical (unpaired) electrons. The third-order valence-electron chi connectivity index (χ3n) is 6.03. The van der Waals surface area contributed by atoms with Crippen molar-refractivity contribution in [2.75, 3.05) is 33.3 Å². The largest absolute Gasteiger partial charge is 0.378 e. The number of carbonyl (C=O) groups excluding carboxylic acids is 2. The highest BCUT2D eigenvalue weighted by Crippen LogP contribution is 2.40. The molecule has 7 nitrogen and oxygen atoms in total. The molecule has 0 aromatic carbocycles. The van der Waals surface area contributed by atoms with E-state index in [1.165, 1.54) is 31.9 Å². The molecule has 1 spiro atoms. The second kappa shape index (κ2) is 9.54. The number of carbonyl (C=O) groups is 2. The Morgan fingerprint density at radius 2 is 1.86 bits per heavy atom. The lowest BCUT2D eigenvalue weighted by Crippen LogP contribution is -2.59. The van der Waals surface area contributed by atoms with Crippen LogP contribution in [0.3, 0.4) is 0 Å². The molecule has 1 aromatic rings. The van der Waals surface area contributed by atoms with E-state index >= 15 is 0 Å². The predicted molar refractivity (Wildman–Crippen MR) is 105 cm³/mol. The van der Waals surface area contributed by atoms with Crippen LogP contribution in [-0.4, -0.2) is 60.1 Å². The molecule has 2 aliphatic rings. The SMILES string of the molecule is CCCCCCCCC(=O)N1CC2(CCN(C(=O)c3conc3COC)C2)C1. The normalized spacial score (nSPS) is 17.9. The van der Waals surface area contributed by atoms with Gasteiger partial charge in [0, 0.05) is 45.1 Å². The Labute approximate surface area is 167 Å². The first kappa shape index (κ1) is 20.8. The van der Waals surface area contributed by atoms with E-state index in [1.807, 2.05) is 9.80 Å². The average molecular weight is 392 g/mol. The lowest BCUT2D eigenvalue weighted by molar-refractivity contribution is -0.142. The Balaban J connectivity index is 1.41. The van der Waals surface area contributed by atoms with E-state index in [9.17, 15) is 9.59 Å². The van der Waals surface area contributed by atoms with Gasteiger partial charge >= 0.3 is 0 Å². The van der Waals surface area contributed by atoms with Crippen LogP contribution in [-0.2, 0) is 16.1 Å².